The molecule has 12 nitrogen and oxygen atoms in total. The lowest BCUT2D eigenvalue weighted by Gasteiger charge is -2.44. The summed E-state index contributed by atoms with van der Waals surface area (Å²) in [4.78, 5) is 12.5. The fourth-order valence-corrected chi connectivity index (χ4v) is 4.54. The van der Waals surface area contributed by atoms with Gasteiger partial charge in [0.1, 0.15) is 42.4 Å². The van der Waals surface area contributed by atoms with Gasteiger partial charge in [-0.2, -0.15) is 0 Å². The second kappa shape index (κ2) is 14.7. The van der Waals surface area contributed by atoms with Crippen molar-refractivity contribution < 1.29 is 59.1 Å². The normalized spacial score (nSPS) is 31.7. The highest BCUT2D eigenvalue weighted by Crippen LogP contribution is 2.34. The van der Waals surface area contributed by atoms with Crippen LogP contribution in [0, 0.1) is 0 Å². The Morgan fingerprint density at radius 1 is 0.902 bits per heavy atom. The molecule has 9 atom stereocenters. The predicted octanol–water partition coefficient (Wildman–Crippen LogP) is 0.133. The number of methoxy groups -OCH3 is 1. The molecule has 9 unspecified atom stereocenters. The zero-order chi connectivity index (χ0) is 30.4. The van der Waals surface area contributed by atoms with Crippen molar-refractivity contribution in [2.75, 3.05) is 20.3 Å². The molecule has 230 valence electrons. The Hall–Kier alpha value is -2.39. The van der Waals surface area contributed by atoms with Crippen LogP contribution in [-0.2, 0) is 31.8 Å². The monoisotopic (exact) mass is 582 g/mol. The topological polar surface area (TPSA) is 185 Å². The van der Waals surface area contributed by atoms with E-state index in [0.717, 1.165) is 11.1 Å². The van der Waals surface area contributed by atoms with Crippen molar-refractivity contribution in [3.63, 3.8) is 0 Å². The van der Waals surface area contributed by atoms with Crippen LogP contribution in [-0.4, -0.2) is 112 Å². The maximum Gasteiger partial charge on any atom is 0.337 e. The number of benzene rings is 1. The molecule has 1 aromatic rings. The molecular formula is C29H42O12. The lowest BCUT2D eigenvalue weighted by atomic mass is 9.97. The molecule has 0 spiro atoms. The van der Waals surface area contributed by atoms with Crippen LogP contribution in [0.15, 0.2) is 35.4 Å². The van der Waals surface area contributed by atoms with Crippen LogP contribution in [0.2, 0.25) is 0 Å². The largest absolute Gasteiger partial charge is 0.465 e. The van der Waals surface area contributed by atoms with Crippen LogP contribution < -0.4 is 4.74 Å². The standard InChI is InChI=1S/C29H42O12/c1-14(2)6-8-16-10-18(27(36)37-5)11-17(9-7-15(3)4)25(16)40-29-26(21(32)19(31)13-38-29)41-28-24(35)23(34)22(33)20(12-30)39-28/h6-7,10-11,19-24,26,28-35H,8-9,12-13H2,1-5H3. The van der Waals surface area contributed by atoms with Gasteiger partial charge in [0.05, 0.1) is 25.9 Å². The number of carbonyl (C=O) groups excluding carboxylic acids is 1. The zero-order valence-electron chi connectivity index (χ0n) is 24.0. The lowest BCUT2D eigenvalue weighted by Crippen LogP contribution is -2.63. The number of allylic oxidation sites excluding steroid dienone is 4. The number of hydrogen-bond donors (Lipinski definition) is 6. The fourth-order valence-electron chi connectivity index (χ4n) is 4.54. The number of aliphatic hydroxyl groups excluding tert-OH is 6. The average Bonchev–Trinajstić information content (AvgIpc) is 2.94. The molecule has 0 aromatic heterocycles. The molecule has 0 bridgehead atoms. The number of carbonyl (C=O) groups is 1. The van der Waals surface area contributed by atoms with Gasteiger partial charge in [-0.1, -0.05) is 23.3 Å². The Kier molecular flexibility index (Phi) is 11.9. The number of hydrogen-bond acceptors (Lipinski definition) is 12. The van der Waals surface area contributed by atoms with E-state index in [4.69, 9.17) is 23.7 Å². The van der Waals surface area contributed by atoms with Crippen molar-refractivity contribution >= 4 is 5.97 Å². The summed E-state index contributed by atoms with van der Waals surface area (Å²) in [6, 6.07) is 3.29. The summed E-state index contributed by atoms with van der Waals surface area (Å²) in [6.45, 7) is 6.75. The lowest BCUT2D eigenvalue weighted by molar-refractivity contribution is -0.348. The van der Waals surface area contributed by atoms with Gasteiger partial charge in [0, 0.05) is 0 Å². The van der Waals surface area contributed by atoms with Gasteiger partial charge >= 0.3 is 5.97 Å². The molecule has 0 aliphatic carbocycles. The second-order valence-corrected chi connectivity index (χ2v) is 10.8. The molecule has 6 N–H and O–H groups in total. The first kappa shape index (κ1) is 33.1. The average molecular weight is 583 g/mol. The summed E-state index contributed by atoms with van der Waals surface area (Å²) in [5.74, 6) is -0.159. The van der Waals surface area contributed by atoms with E-state index in [2.05, 4.69) is 0 Å². The molecule has 0 amide bonds. The van der Waals surface area contributed by atoms with Crippen LogP contribution in [0.4, 0.5) is 0 Å². The quantitative estimate of drug-likeness (QED) is 0.162. The summed E-state index contributed by atoms with van der Waals surface area (Å²) in [6.07, 6.45) is -8.94. The minimum absolute atomic E-state index is 0.298. The third-order valence-corrected chi connectivity index (χ3v) is 6.93. The first-order chi connectivity index (χ1) is 19.4. The van der Waals surface area contributed by atoms with Crippen molar-refractivity contribution in [2.45, 2.75) is 95.8 Å². The van der Waals surface area contributed by atoms with Crippen LogP contribution in [0.25, 0.3) is 0 Å². The van der Waals surface area contributed by atoms with Gasteiger partial charge in [-0.25, -0.2) is 4.79 Å². The van der Waals surface area contributed by atoms with Crippen LogP contribution in [0.3, 0.4) is 0 Å². The van der Waals surface area contributed by atoms with Crippen molar-refractivity contribution in [1.82, 2.24) is 0 Å². The van der Waals surface area contributed by atoms with Gasteiger partial charge in [0.25, 0.3) is 0 Å². The molecule has 2 fully saturated rings. The van der Waals surface area contributed by atoms with Gasteiger partial charge in [0.15, 0.2) is 12.4 Å². The van der Waals surface area contributed by atoms with Crippen LogP contribution in [0.1, 0.15) is 49.2 Å². The summed E-state index contributed by atoms with van der Waals surface area (Å²) in [5, 5.41) is 61.5. The minimum Gasteiger partial charge on any atom is -0.465 e. The number of ether oxygens (including phenoxy) is 5. The van der Waals surface area contributed by atoms with Crippen LogP contribution >= 0.6 is 0 Å². The van der Waals surface area contributed by atoms with Crippen LogP contribution in [0.5, 0.6) is 5.75 Å². The van der Waals surface area contributed by atoms with Gasteiger partial charge < -0.3 is 54.3 Å². The molecular weight excluding hydrogens is 540 g/mol. The summed E-state index contributed by atoms with van der Waals surface area (Å²) in [7, 11) is 1.29. The van der Waals surface area contributed by atoms with E-state index in [1.54, 1.807) is 12.1 Å². The highest BCUT2D eigenvalue weighted by atomic mass is 16.8. The second-order valence-electron chi connectivity index (χ2n) is 10.8. The summed E-state index contributed by atoms with van der Waals surface area (Å²) >= 11 is 0. The van der Waals surface area contributed by atoms with Gasteiger partial charge in [-0.15, -0.1) is 0 Å². The van der Waals surface area contributed by atoms with E-state index in [1.165, 1.54) is 7.11 Å². The van der Waals surface area contributed by atoms with E-state index in [0.29, 0.717) is 35.3 Å². The first-order valence-electron chi connectivity index (χ1n) is 13.5. The SMILES string of the molecule is COC(=O)c1cc(CC=C(C)C)c(OC2OCC(O)C(O)C2OC2OC(CO)C(O)C(O)C2O)c(CC=C(C)C)c1. The third-order valence-electron chi connectivity index (χ3n) is 6.93. The molecule has 2 aliphatic rings. The summed E-state index contributed by atoms with van der Waals surface area (Å²) in [5.41, 5.74) is 3.63. The Morgan fingerprint density at radius 2 is 1.49 bits per heavy atom. The number of esters is 1. The van der Waals surface area contributed by atoms with E-state index >= 15 is 0 Å². The smallest absolute Gasteiger partial charge is 0.337 e. The molecule has 3 rings (SSSR count). The first-order valence-corrected chi connectivity index (χ1v) is 13.5. The molecule has 2 saturated heterocycles. The van der Waals surface area contributed by atoms with E-state index < -0.39 is 67.9 Å². The predicted molar refractivity (Wildman–Crippen MR) is 145 cm³/mol. The maximum atomic E-state index is 12.5. The third kappa shape index (κ3) is 8.13. The Morgan fingerprint density at radius 3 is 2.00 bits per heavy atom. The molecule has 0 radical (unpaired) electrons. The summed E-state index contributed by atoms with van der Waals surface area (Å²) < 4.78 is 28.3. The minimum atomic E-state index is -1.75. The molecule has 2 aliphatic heterocycles. The van der Waals surface area contributed by atoms with Crippen molar-refractivity contribution in [2.24, 2.45) is 0 Å². The molecule has 41 heavy (non-hydrogen) atoms. The van der Waals surface area contributed by atoms with E-state index in [1.807, 2.05) is 39.8 Å². The molecule has 0 saturated carbocycles. The maximum absolute atomic E-state index is 12.5. The fraction of sp³-hybridized carbons (Fsp3) is 0.621. The number of rotatable bonds is 10. The van der Waals surface area contributed by atoms with Gasteiger partial charge in [0.2, 0.25) is 6.29 Å². The van der Waals surface area contributed by atoms with Crippen molar-refractivity contribution in [3.05, 3.63) is 52.1 Å². The molecule has 12 heteroatoms. The van der Waals surface area contributed by atoms with Crippen molar-refractivity contribution in [1.29, 1.82) is 0 Å². The van der Waals surface area contributed by atoms with Crippen molar-refractivity contribution in [3.8, 4) is 5.75 Å². The van der Waals surface area contributed by atoms with Gasteiger partial charge in [-0.05, 0) is 63.8 Å². The highest BCUT2D eigenvalue weighted by molar-refractivity contribution is 5.90. The Bertz CT molecular complexity index is 1050. The van der Waals surface area contributed by atoms with E-state index in [9.17, 15) is 35.4 Å². The Labute approximate surface area is 239 Å². The Balaban J connectivity index is 2.03. The molecule has 2 heterocycles. The molecule has 1 aromatic carbocycles. The highest BCUT2D eigenvalue weighted by Gasteiger charge is 2.49. The number of aliphatic hydroxyl groups is 6. The van der Waals surface area contributed by atoms with Gasteiger partial charge in [-0.3, -0.25) is 0 Å². The zero-order valence-corrected chi connectivity index (χ0v) is 24.0. The van der Waals surface area contributed by atoms with E-state index in [-0.39, 0.29) is 6.61 Å².